The van der Waals surface area contributed by atoms with Crippen LogP contribution in [0, 0.1) is 5.92 Å². The summed E-state index contributed by atoms with van der Waals surface area (Å²) in [5, 5.41) is 4.13. The summed E-state index contributed by atoms with van der Waals surface area (Å²) in [4.78, 5) is 19.9. The van der Waals surface area contributed by atoms with Gasteiger partial charge < -0.3 is 14.6 Å². The third-order valence-corrected chi connectivity index (χ3v) is 5.11. The maximum atomic E-state index is 13.3. The number of halogens is 2. The number of rotatable bonds is 4. The molecule has 0 aliphatic carbocycles. The molecule has 0 unspecified atom stereocenters. The number of nitrogens with zero attached hydrogens (tertiary/aromatic N) is 2. The summed E-state index contributed by atoms with van der Waals surface area (Å²) in [5.41, 5.74) is 2.21. The van der Waals surface area contributed by atoms with Crippen molar-refractivity contribution in [2.75, 3.05) is 26.7 Å². The van der Waals surface area contributed by atoms with Gasteiger partial charge in [0.2, 0.25) is 0 Å². The number of carbonyl (C=O) groups excluding carboxylic acids is 1. The van der Waals surface area contributed by atoms with Crippen LogP contribution in [0.5, 0.6) is 0 Å². The lowest BCUT2D eigenvalue weighted by atomic mass is 9.96. The van der Waals surface area contributed by atoms with Gasteiger partial charge in [-0.1, -0.05) is 18.2 Å². The number of furan rings is 1. The molecule has 0 saturated carbocycles. The van der Waals surface area contributed by atoms with E-state index in [0.29, 0.717) is 22.9 Å². The maximum Gasteiger partial charge on any atom is 0.254 e. The molecule has 2 aromatic heterocycles. The number of benzene rings is 1. The minimum absolute atomic E-state index is 0. The Labute approximate surface area is 177 Å². The van der Waals surface area contributed by atoms with Crippen molar-refractivity contribution < 1.29 is 9.21 Å². The van der Waals surface area contributed by atoms with Gasteiger partial charge in [-0.3, -0.25) is 4.79 Å². The van der Waals surface area contributed by atoms with Crippen LogP contribution >= 0.6 is 24.8 Å². The summed E-state index contributed by atoms with van der Waals surface area (Å²) in [6.45, 7) is 2.62. The van der Waals surface area contributed by atoms with E-state index in [1.807, 2.05) is 54.4 Å². The molecule has 1 aliphatic heterocycles. The molecule has 1 N–H and O–H groups in total. The fraction of sp³-hybridized carbons (Fsp3) is 0.333. The molecule has 4 rings (SSSR count). The highest BCUT2D eigenvalue weighted by molar-refractivity contribution is 6.07. The number of carbonyl (C=O) groups is 1. The van der Waals surface area contributed by atoms with Gasteiger partial charge in [-0.25, -0.2) is 4.98 Å². The molecule has 1 saturated heterocycles. The topological polar surface area (TPSA) is 58.4 Å². The summed E-state index contributed by atoms with van der Waals surface area (Å²) in [7, 11) is 1.98. The first kappa shape index (κ1) is 22.2. The first-order valence-electron chi connectivity index (χ1n) is 9.14. The van der Waals surface area contributed by atoms with Gasteiger partial charge in [0.05, 0.1) is 17.3 Å². The number of aromatic nitrogens is 1. The Morgan fingerprint density at radius 3 is 2.61 bits per heavy atom. The van der Waals surface area contributed by atoms with E-state index < -0.39 is 0 Å². The molecule has 3 heterocycles. The third-order valence-electron chi connectivity index (χ3n) is 5.11. The van der Waals surface area contributed by atoms with Crippen molar-refractivity contribution >= 4 is 41.6 Å². The molecular weight excluding hydrogens is 397 g/mol. The Hall–Kier alpha value is -2.08. The van der Waals surface area contributed by atoms with Crippen LogP contribution in [0.3, 0.4) is 0 Å². The summed E-state index contributed by atoms with van der Waals surface area (Å²) in [5.74, 6) is 1.41. The third kappa shape index (κ3) is 4.49. The van der Waals surface area contributed by atoms with Crippen LogP contribution in [0.15, 0.2) is 53.1 Å². The molecule has 0 spiro atoms. The number of hydrogen-bond donors (Lipinski definition) is 1. The van der Waals surface area contributed by atoms with Gasteiger partial charge in [-0.15, -0.1) is 24.8 Å². The van der Waals surface area contributed by atoms with Crippen LogP contribution in [-0.2, 0) is 0 Å². The second-order valence-corrected chi connectivity index (χ2v) is 6.84. The molecule has 0 radical (unpaired) electrons. The molecule has 3 aromatic rings. The van der Waals surface area contributed by atoms with Crippen LogP contribution < -0.4 is 5.32 Å². The van der Waals surface area contributed by atoms with Gasteiger partial charge in [0.1, 0.15) is 5.69 Å². The van der Waals surface area contributed by atoms with Crippen LogP contribution in [0.25, 0.3) is 22.4 Å². The number of para-hydroxylation sites is 1. The highest BCUT2D eigenvalue weighted by Crippen LogP contribution is 2.27. The number of piperidine rings is 1. The van der Waals surface area contributed by atoms with E-state index in [2.05, 4.69) is 10.3 Å². The lowest BCUT2D eigenvalue weighted by molar-refractivity contribution is 0.0693. The highest BCUT2D eigenvalue weighted by Gasteiger charge is 2.25. The van der Waals surface area contributed by atoms with Crippen molar-refractivity contribution in [3.8, 4) is 11.5 Å². The Balaban J connectivity index is 0.00000140. The number of amides is 1. The van der Waals surface area contributed by atoms with Crippen molar-refractivity contribution in [3.63, 3.8) is 0 Å². The van der Waals surface area contributed by atoms with E-state index in [1.165, 1.54) is 0 Å². The van der Waals surface area contributed by atoms with Crippen LogP contribution in [0.4, 0.5) is 0 Å². The summed E-state index contributed by atoms with van der Waals surface area (Å²) < 4.78 is 5.50. The van der Waals surface area contributed by atoms with Gasteiger partial charge in [-0.2, -0.15) is 0 Å². The predicted octanol–water partition coefficient (Wildman–Crippen LogP) is 4.41. The van der Waals surface area contributed by atoms with Crippen molar-refractivity contribution in [1.29, 1.82) is 0 Å². The van der Waals surface area contributed by atoms with Gasteiger partial charge in [0, 0.05) is 18.5 Å². The molecule has 1 aromatic carbocycles. The van der Waals surface area contributed by atoms with E-state index >= 15 is 0 Å². The van der Waals surface area contributed by atoms with E-state index in [-0.39, 0.29) is 30.7 Å². The quantitative estimate of drug-likeness (QED) is 0.677. The van der Waals surface area contributed by atoms with Crippen molar-refractivity contribution in [1.82, 2.24) is 15.2 Å². The van der Waals surface area contributed by atoms with Crippen LogP contribution in [0.1, 0.15) is 23.2 Å². The Kier molecular flexibility index (Phi) is 7.87. The maximum absolute atomic E-state index is 13.3. The van der Waals surface area contributed by atoms with E-state index in [4.69, 9.17) is 4.42 Å². The molecule has 0 atom stereocenters. The molecule has 28 heavy (non-hydrogen) atoms. The second-order valence-electron chi connectivity index (χ2n) is 6.84. The Bertz CT molecular complexity index is 907. The van der Waals surface area contributed by atoms with Crippen LogP contribution in [-0.4, -0.2) is 42.5 Å². The van der Waals surface area contributed by atoms with Gasteiger partial charge in [-0.05, 0) is 56.6 Å². The number of likely N-dealkylation sites (tertiary alicyclic amines) is 1. The van der Waals surface area contributed by atoms with E-state index in [0.717, 1.165) is 43.4 Å². The second kappa shape index (κ2) is 9.92. The number of pyridine rings is 1. The van der Waals surface area contributed by atoms with Crippen LogP contribution in [0.2, 0.25) is 0 Å². The number of fused-ring (bicyclic) bond motifs is 1. The molecule has 150 valence electrons. The van der Waals surface area contributed by atoms with Gasteiger partial charge in [0.25, 0.3) is 5.91 Å². The SMILES string of the molecule is CNCC1CCN(C(=O)c2cc(-c3ccco3)nc3ccccc23)CC1.Cl.Cl. The Morgan fingerprint density at radius 1 is 1.18 bits per heavy atom. The molecule has 5 nitrogen and oxygen atoms in total. The molecular formula is C21H25Cl2N3O2. The monoisotopic (exact) mass is 421 g/mol. The zero-order valence-corrected chi connectivity index (χ0v) is 17.4. The van der Waals surface area contributed by atoms with Crippen molar-refractivity contribution in [2.45, 2.75) is 12.8 Å². The van der Waals surface area contributed by atoms with Crippen molar-refractivity contribution in [3.05, 3.63) is 54.3 Å². The zero-order chi connectivity index (χ0) is 17.9. The summed E-state index contributed by atoms with van der Waals surface area (Å²) in [6.07, 6.45) is 3.71. The summed E-state index contributed by atoms with van der Waals surface area (Å²) >= 11 is 0. The van der Waals surface area contributed by atoms with E-state index in [1.54, 1.807) is 6.26 Å². The largest absolute Gasteiger partial charge is 0.463 e. The lowest BCUT2D eigenvalue weighted by Gasteiger charge is -2.32. The first-order chi connectivity index (χ1) is 12.8. The minimum atomic E-state index is 0. The fourth-order valence-corrected chi connectivity index (χ4v) is 3.70. The minimum Gasteiger partial charge on any atom is -0.463 e. The smallest absolute Gasteiger partial charge is 0.254 e. The molecule has 0 bridgehead atoms. The average molecular weight is 422 g/mol. The number of nitrogens with one attached hydrogen (secondary N) is 1. The molecule has 1 aliphatic rings. The predicted molar refractivity (Wildman–Crippen MR) is 116 cm³/mol. The number of hydrogen-bond acceptors (Lipinski definition) is 4. The zero-order valence-electron chi connectivity index (χ0n) is 15.8. The lowest BCUT2D eigenvalue weighted by Crippen LogP contribution is -2.40. The van der Waals surface area contributed by atoms with Gasteiger partial charge in [0.15, 0.2) is 5.76 Å². The first-order valence-corrected chi connectivity index (χ1v) is 9.14. The Morgan fingerprint density at radius 2 is 1.93 bits per heavy atom. The normalized spacial score (nSPS) is 14.4. The molecule has 1 fully saturated rings. The average Bonchev–Trinajstić information content (AvgIpc) is 3.22. The standard InChI is InChI=1S/C21H23N3O2.2ClH/c1-22-14-15-8-10-24(11-9-15)21(25)17-13-19(20-7-4-12-26-20)23-18-6-3-2-5-16(17)18;;/h2-7,12-13,15,22H,8-11,14H2,1H3;2*1H. The van der Waals surface area contributed by atoms with Crippen molar-refractivity contribution in [2.24, 2.45) is 5.92 Å². The molecule has 1 amide bonds. The summed E-state index contributed by atoms with van der Waals surface area (Å²) in [6, 6.07) is 13.4. The molecule has 7 heteroatoms. The fourth-order valence-electron chi connectivity index (χ4n) is 3.70. The van der Waals surface area contributed by atoms with E-state index in [9.17, 15) is 4.79 Å². The van der Waals surface area contributed by atoms with Gasteiger partial charge >= 0.3 is 0 Å². The highest BCUT2D eigenvalue weighted by atomic mass is 35.5.